The van der Waals surface area contributed by atoms with Crippen LogP contribution in [-0.4, -0.2) is 23.8 Å². The van der Waals surface area contributed by atoms with Crippen molar-refractivity contribution in [2.24, 2.45) is 0 Å². The number of nitrogens with zero attached hydrogens (tertiary/aromatic N) is 1. The summed E-state index contributed by atoms with van der Waals surface area (Å²) in [4.78, 5) is 27.2. The summed E-state index contributed by atoms with van der Waals surface area (Å²) < 4.78 is 4.61. The predicted molar refractivity (Wildman–Crippen MR) is 70.1 cm³/mol. The molecule has 0 fully saturated rings. The summed E-state index contributed by atoms with van der Waals surface area (Å²) in [6.45, 7) is 0. The van der Waals surface area contributed by atoms with Crippen molar-refractivity contribution >= 4 is 11.8 Å². The molecule has 0 saturated carbocycles. The molecule has 4 heteroatoms. The van der Waals surface area contributed by atoms with E-state index in [2.05, 4.69) is 9.72 Å². The first-order chi connectivity index (χ1) is 9.20. The number of hydrogen-bond donors (Lipinski definition) is 0. The summed E-state index contributed by atoms with van der Waals surface area (Å²) in [7, 11) is 1.33. The number of aromatic nitrogens is 1. The van der Waals surface area contributed by atoms with Crippen LogP contribution in [0.5, 0.6) is 0 Å². The Bertz CT molecular complexity index is 576. The summed E-state index contributed by atoms with van der Waals surface area (Å²) >= 11 is 0. The van der Waals surface area contributed by atoms with Crippen LogP contribution in [-0.2, 0) is 11.2 Å². The Kier molecular flexibility index (Phi) is 4.03. The number of Topliss-reactive ketones (excluding diaryl/α,β-unsaturated/α-hetero) is 1. The minimum absolute atomic E-state index is 0.0496. The van der Waals surface area contributed by atoms with Crippen LogP contribution in [0.1, 0.15) is 26.4 Å². The zero-order valence-corrected chi connectivity index (χ0v) is 10.5. The van der Waals surface area contributed by atoms with Crippen LogP contribution in [0.3, 0.4) is 0 Å². The minimum Gasteiger partial charge on any atom is -0.465 e. The van der Waals surface area contributed by atoms with E-state index >= 15 is 0 Å². The minimum atomic E-state index is -0.386. The average Bonchev–Trinajstić information content (AvgIpc) is 2.48. The number of ether oxygens (including phenoxy) is 1. The first kappa shape index (κ1) is 13.0. The molecule has 1 aromatic heterocycles. The third-order valence-corrected chi connectivity index (χ3v) is 2.69. The number of hydrogen-bond acceptors (Lipinski definition) is 4. The molecule has 96 valence electrons. The number of rotatable bonds is 4. The first-order valence-corrected chi connectivity index (χ1v) is 5.82. The predicted octanol–water partition coefficient (Wildman–Crippen LogP) is 2.29. The second kappa shape index (κ2) is 5.91. The lowest BCUT2D eigenvalue weighted by Crippen LogP contribution is -2.06. The van der Waals surface area contributed by atoms with Gasteiger partial charge in [-0.2, -0.15) is 0 Å². The Morgan fingerprint density at radius 1 is 1.11 bits per heavy atom. The maximum atomic E-state index is 11.9. The van der Waals surface area contributed by atoms with Gasteiger partial charge in [0, 0.05) is 12.6 Å². The summed E-state index contributed by atoms with van der Waals surface area (Å²) in [5.74, 6) is -0.436. The van der Waals surface area contributed by atoms with Crippen LogP contribution in [0.15, 0.2) is 48.7 Å². The molecule has 0 spiro atoms. The molecule has 0 amide bonds. The summed E-state index contributed by atoms with van der Waals surface area (Å²) in [6, 6.07) is 12.0. The topological polar surface area (TPSA) is 56.3 Å². The molecule has 0 radical (unpaired) electrons. The molecule has 0 aliphatic rings. The fraction of sp³-hybridized carbons (Fsp3) is 0.133. The smallest absolute Gasteiger partial charge is 0.337 e. The molecule has 19 heavy (non-hydrogen) atoms. The number of benzene rings is 1. The van der Waals surface area contributed by atoms with E-state index in [0.717, 1.165) is 5.56 Å². The van der Waals surface area contributed by atoms with E-state index < -0.39 is 0 Å². The van der Waals surface area contributed by atoms with Gasteiger partial charge >= 0.3 is 5.97 Å². The molecule has 1 aromatic carbocycles. The van der Waals surface area contributed by atoms with Gasteiger partial charge in [0.15, 0.2) is 5.78 Å². The molecule has 2 aromatic rings. The van der Waals surface area contributed by atoms with E-state index in [9.17, 15) is 9.59 Å². The number of ketones is 1. The van der Waals surface area contributed by atoms with Crippen molar-refractivity contribution in [2.45, 2.75) is 6.42 Å². The lowest BCUT2D eigenvalue weighted by Gasteiger charge is -2.02. The van der Waals surface area contributed by atoms with Crippen LogP contribution in [0, 0.1) is 0 Å². The fourth-order valence-corrected chi connectivity index (χ4v) is 1.68. The van der Waals surface area contributed by atoms with Gasteiger partial charge in [-0.1, -0.05) is 18.2 Å². The Morgan fingerprint density at radius 3 is 2.42 bits per heavy atom. The van der Waals surface area contributed by atoms with Gasteiger partial charge < -0.3 is 4.74 Å². The second-order valence-corrected chi connectivity index (χ2v) is 4.00. The van der Waals surface area contributed by atoms with Crippen LogP contribution >= 0.6 is 0 Å². The van der Waals surface area contributed by atoms with Crippen molar-refractivity contribution in [2.75, 3.05) is 7.11 Å². The fourth-order valence-electron chi connectivity index (χ4n) is 1.68. The third-order valence-electron chi connectivity index (χ3n) is 2.69. The SMILES string of the molecule is COC(=O)c1ccc(CC(=O)c2ccccn2)cc1. The van der Waals surface area contributed by atoms with Gasteiger partial charge in [-0.3, -0.25) is 9.78 Å². The molecule has 2 rings (SSSR count). The number of esters is 1. The first-order valence-electron chi connectivity index (χ1n) is 5.82. The number of carbonyl (C=O) groups excluding carboxylic acids is 2. The number of pyridine rings is 1. The van der Waals surface area contributed by atoms with E-state index in [1.165, 1.54) is 7.11 Å². The molecule has 0 aliphatic heterocycles. The zero-order chi connectivity index (χ0) is 13.7. The van der Waals surface area contributed by atoms with E-state index in [-0.39, 0.29) is 18.2 Å². The van der Waals surface area contributed by atoms with E-state index in [0.29, 0.717) is 11.3 Å². The van der Waals surface area contributed by atoms with Gasteiger partial charge in [0.05, 0.1) is 12.7 Å². The van der Waals surface area contributed by atoms with Crippen molar-refractivity contribution in [1.29, 1.82) is 0 Å². The Morgan fingerprint density at radius 2 is 1.84 bits per heavy atom. The largest absolute Gasteiger partial charge is 0.465 e. The van der Waals surface area contributed by atoms with Gasteiger partial charge in [-0.15, -0.1) is 0 Å². The van der Waals surface area contributed by atoms with Gasteiger partial charge in [-0.25, -0.2) is 4.79 Å². The lowest BCUT2D eigenvalue weighted by atomic mass is 10.0. The maximum absolute atomic E-state index is 11.9. The molecule has 0 N–H and O–H groups in total. The summed E-state index contributed by atoms with van der Waals surface area (Å²) in [5, 5.41) is 0. The lowest BCUT2D eigenvalue weighted by molar-refractivity contribution is 0.0600. The molecule has 1 heterocycles. The van der Waals surface area contributed by atoms with Crippen molar-refractivity contribution in [3.63, 3.8) is 0 Å². The molecule has 0 atom stereocenters. The molecular formula is C15H13NO3. The van der Waals surface area contributed by atoms with Crippen LogP contribution < -0.4 is 0 Å². The highest BCUT2D eigenvalue weighted by Gasteiger charge is 2.09. The molecular weight excluding hydrogens is 242 g/mol. The normalized spacial score (nSPS) is 9.95. The van der Waals surface area contributed by atoms with Crippen molar-refractivity contribution < 1.29 is 14.3 Å². The quantitative estimate of drug-likeness (QED) is 0.621. The van der Waals surface area contributed by atoms with E-state index in [1.54, 1.807) is 48.7 Å². The summed E-state index contributed by atoms with van der Waals surface area (Å²) in [5.41, 5.74) is 1.75. The molecule has 0 unspecified atom stereocenters. The monoisotopic (exact) mass is 255 g/mol. The van der Waals surface area contributed by atoms with Gasteiger partial charge in [-0.05, 0) is 29.8 Å². The van der Waals surface area contributed by atoms with Crippen LogP contribution in [0.25, 0.3) is 0 Å². The highest BCUT2D eigenvalue weighted by molar-refractivity contribution is 5.96. The molecule has 0 aliphatic carbocycles. The van der Waals surface area contributed by atoms with Crippen LogP contribution in [0.2, 0.25) is 0 Å². The summed E-state index contributed by atoms with van der Waals surface area (Å²) in [6.07, 6.45) is 1.85. The van der Waals surface area contributed by atoms with Crippen molar-refractivity contribution in [3.8, 4) is 0 Å². The third kappa shape index (κ3) is 3.25. The van der Waals surface area contributed by atoms with E-state index in [1.807, 2.05) is 0 Å². The Labute approximate surface area is 111 Å². The van der Waals surface area contributed by atoms with E-state index in [4.69, 9.17) is 0 Å². The Balaban J connectivity index is 2.08. The average molecular weight is 255 g/mol. The Hall–Kier alpha value is -2.49. The molecule has 0 bridgehead atoms. The molecule has 0 saturated heterocycles. The highest BCUT2D eigenvalue weighted by Crippen LogP contribution is 2.09. The highest BCUT2D eigenvalue weighted by atomic mass is 16.5. The van der Waals surface area contributed by atoms with Crippen LogP contribution in [0.4, 0.5) is 0 Å². The maximum Gasteiger partial charge on any atom is 0.337 e. The number of methoxy groups -OCH3 is 1. The van der Waals surface area contributed by atoms with Gasteiger partial charge in [0.1, 0.15) is 5.69 Å². The van der Waals surface area contributed by atoms with Gasteiger partial charge in [0.25, 0.3) is 0 Å². The molecule has 4 nitrogen and oxygen atoms in total. The number of carbonyl (C=O) groups is 2. The van der Waals surface area contributed by atoms with Crippen molar-refractivity contribution in [3.05, 3.63) is 65.5 Å². The second-order valence-electron chi connectivity index (χ2n) is 4.00. The van der Waals surface area contributed by atoms with Gasteiger partial charge in [0.2, 0.25) is 0 Å². The standard InChI is InChI=1S/C15H13NO3/c1-19-15(18)12-7-5-11(6-8-12)10-14(17)13-4-2-3-9-16-13/h2-9H,10H2,1H3. The van der Waals surface area contributed by atoms with Crippen molar-refractivity contribution in [1.82, 2.24) is 4.98 Å². The zero-order valence-electron chi connectivity index (χ0n) is 10.5.